The molecule has 0 aliphatic heterocycles. The van der Waals surface area contributed by atoms with Crippen LogP contribution in [0.4, 0.5) is 5.69 Å². The Bertz CT molecular complexity index is 507. The Kier molecular flexibility index (Phi) is 4.22. The lowest BCUT2D eigenvalue weighted by Gasteiger charge is -2.19. The molecular weight excluding hydrogens is 304 g/mol. The van der Waals surface area contributed by atoms with Crippen molar-refractivity contribution in [3.05, 3.63) is 22.7 Å². The number of sulfonamides is 1. The van der Waals surface area contributed by atoms with E-state index < -0.39 is 10.0 Å². The van der Waals surface area contributed by atoms with Gasteiger partial charge in [-0.3, -0.25) is 0 Å². The van der Waals surface area contributed by atoms with E-state index in [4.69, 9.17) is 5.73 Å². The van der Waals surface area contributed by atoms with Crippen LogP contribution in [0, 0.1) is 5.41 Å². The van der Waals surface area contributed by atoms with E-state index >= 15 is 0 Å². The Morgan fingerprint density at radius 1 is 1.35 bits per heavy atom. The fourth-order valence-corrected chi connectivity index (χ4v) is 3.08. The van der Waals surface area contributed by atoms with Crippen molar-refractivity contribution in [3.8, 4) is 0 Å². The summed E-state index contributed by atoms with van der Waals surface area (Å²) in [5, 5.41) is 0. The first-order valence-electron chi connectivity index (χ1n) is 5.16. The van der Waals surface area contributed by atoms with Gasteiger partial charge in [0.2, 0.25) is 10.0 Å². The van der Waals surface area contributed by atoms with E-state index in [2.05, 4.69) is 20.7 Å². The summed E-state index contributed by atoms with van der Waals surface area (Å²) >= 11 is 3.23. The summed E-state index contributed by atoms with van der Waals surface area (Å²) in [4.78, 5) is 0.108. The monoisotopic (exact) mass is 320 g/mol. The standard InChI is InChI=1S/C11H17BrN2O2S/c1-11(2,3)7-14-17(15,16)10-6-8(12)4-5-9(10)13/h4-6,14H,7,13H2,1-3H3. The third-order valence-corrected chi connectivity index (χ3v) is 4.01. The van der Waals surface area contributed by atoms with Gasteiger partial charge in [-0.15, -0.1) is 0 Å². The first-order chi connectivity index (χ1) is 7.62. The first kappa shape index (κ1) is 14.5. The third-order valence-electron chi connectivity index (χ3n) is 2.06. The second-order valence-corrected chi connectivity index (χ2v) is 7.72. The summed E-state index contributed by atoms with van der Waals surface area (Å²) in [6.07, 6.45) is 0. The van der Waals surface area contributed by atoms with Gasteiger partial charge in [-0.1, -0.05) is 36.7 Å². The number of anilines is 1. The van der Waals surface area contributed by atoms with Crippen LogP contribution in [0.2, 0.25) is 0 Å². The quantitative estimate of drug-likeness (QED) is 0.840. The van der Waals surface area contributed by atoms with Gasteiger partial charge in [-0.2, -0.15) is 0 Å². The summed E-state index contributed by atoms with van der Waals surface area (Å²) < 4.78 is 27.3. The summed E-state index contributed by atoms with van der Waals surface area (Å²) in [6.45, 7) is 6.24. The molecule has 0 saturated carbocycles. The molecule has 0 spiro atoms. The molecule has 96 valence electrons. The van der Waals surface area contributed by atoms with Crippen molar-refractivity contribution in [3.63, 3.8) is 0 Å². The maximum atomic E-state index is 12.0. The minimum Gasteiger partial charge on any atom is -0.398 e. The number of nitrogens with two attached hydrogens (primary N) is 1. The topological polar surface area (TPSA) is 72.2 Å². The molecule has 0 aliphatic carbocycles. The van der Waals surface area contributed by atoms with Crippen molar-refractivity contribution in [2.75, 3.05) is 12.3 Å². The van der Waals surface area contributed by atoms with Crippen molar-refractivity contribution in [1.82, 2.24) is 4.72 Å². The van der Waals surface area contributed by atoms with Crippen LogP contribution in [0.5, 0.6) is 0 Å². The second kappa shape index (κ2) is 4.96. The normalized spacial score (nSPS) is 12.7. The Morgan fingerprint density at radius 3 is 2.47 bits per heavy atom. The smallest absolute Gasteiger partial charge is 0.242 e. The molecule has 0 aromatic heterocycles. The van der Waals surface area contributed by atoms with Crippen LogP contribution < -0.4 is 10.5 Å². The van der Waals surface area contributed by atoms with E-state index in [0.29, 0.717) is 11.0 Å². The van der Waals surface area contributed by atoms with Crippen molar-refractivity contribution < 1.29 is 8.42 Å². The summed E-state index contributed by atoms with van der Waals surface area (Å²) in [5.41, 5.74) is 5.80. The highest BCUT2D eigenvalue weighted by atomic mass is 79.9. The first-order valence-corrected chi connectivity index (χ1v) is 7.44. The molecule has 0 heterocycles. The molecule has 3 N–H and O–H groups in total. The van der Waals surface area contributed by atoms with E-state index in [-0.39, 0.29) is 16.0 Å². The van der Waals surface area contributed by atoms with Gasteiger partial charge in [0.05, 0.1) is 5.69 Å². The second-order valence-electron chi connectivity index (χ2n) is 5.07. The molecule has 6 heteroatoms. The molecule has 0 saturated heterocycles. The fourth-order valence-electron chi connectivity index (χ4n) is 1.13. The van der Waals surface area contributed by atoms with Gasteiger partial charge in [0.25, 0.3) is 0 Å². The van der Waals surface area contributed by atoms with E-state index in [1.54, 1.807) is 12.1 Å². The number of hydrogen-bond acceptors (Lipinski definition) is 3. The molecule has 0 aliphatic rings. The highest BCUT2D eigenvalue weighted by Crippen LogP contribution is 2.23. The zero-order valence-electron chi connectivity index (χ0n) is 10.1. The molecule has 1 aromatic rings. The van der Waals surface area contributed by atoms with E-state index in [9.17, 15) is 8.42 Å². The molecule has 17 heavy (non-hydrogen) atoms. The molecule has 1 aromatic carbocycles. The summed E-state index contributed by atoms with van der Waals surface area (Å²) in [6, 6.07) is 4.77. The zero-order valence-corrected chi connectivity index (χ0v) is 12.5. The predicted molar refractivity (Wildman–Crippen MR) is 73.2 cm³/mol. The van der Waals surface area contributed by atoms with Crippen LogP contribution in [0.25, 0.3) is 0 Å². The highest BCUT2D eigenvalue weighted by molar-refractivity contribution is 9.10. The van der Waals surface area contributed by atoms with Crippen LogP contribution >= 0.6 is 15.9 Å². The highest BCUT2D eigenvalue weighted by Gasteiger charge is 2.20. The molecule has 0 atom stereocenters. The number of hydrogen-bond donors (Lipinski definition) is 2. The number of halogens is 1. The van der Waals surface area contributed by atoms with E-state index in [1.807, 2.05) is 20.8 Å². The van der Waals surface area contributed by atoms with Crippen molar-refractivity contribution in [2.24, 2.45) is 5.41 Å². The van der Waals surface area contributed by atoms with Gasteiger partial charge < -0.3 is 5.73 Å². The fraction of sp³-hybridized carbons (Fsp3) is 0.455. The van der Waals surface area contributed by atoms with Crippen LogP contribution in [0.15, 0.2) is 27.6 Å². The SMILES string of the molecule is CC(C)(C)CNS(=O)(=O)c1cc(Br)ccc1N. The van der Waals surface area contributed by atoms with Crippen molar-refractivity contribution in [2.45, 2.75) is 25.7 Å². The molecule has 0 unspecified atom stereocenters. The maximum Gasteiger partial charge on any atom is 0.242 e. The molecule has 4 nitrogen and oxygen atoms in total. The minimum absolute atomic E-state index is 0.108. The van der Waals surface area contributed by atoms with Crippen molar-refractivity contribution >= 4 is 31.6 Å². The maximum absolute atomic E-state index is 12.0. The van der Waals surface area contributed by atoms with Gasteiger partial charge in [0, 0.05) is 11.0 Å². The third kappa shape index (κ3) is 4.29. The Morgan fingerprint density at radius 2 is 1.94 bits per heavy atom. The Balaban J connectivity index is 3.02. The predicted octanol–water partition coefficient (Wildman–Crippen LogP) is 2.36. The lowest BCUT2D eigenvalue weighted by atomic mass is 9.98. The number of nitrogens with one attached hydrogen (secondary N) is 1. The zero-order chi connectivity index (χ0) is 13.3. The van der Waals surface area contributed by atoms with Gasteiger partial charge >= 0.3 is 0 Å². The van der Waals surface area contributed by atoms with Gasteiger partial charge in [0.15, 0.2) is 0 Å². The lowest BCUT2D eigenvalue weighted by molar-refractivity contribution is 0.407. The molecule has 0 amide bonds. The minimum atomic E-state index is -3.55. The molecule has 0 radical (unpaired) electrons. The average molecular weight is 321 g/mol. The van der Waals surface area contributed by atoms with E-state index in [0.717, 1.165) is 0 Å². The largest absolute Gasteiger partial charge is 0.398 e. The molecular formula is C11H17BrN2O2S. The average Bonchev–Trinajstić information content (AvgIpc) is 2.18. The van der Waals surface area contributed by atoms with E-state index in [1.165, 1.54) is 6.07 Å². The Hall–Kier alpha value is -0.590. The summed E-state index contributed by atoms with van der Waals surface area (Å²) in [5.74, 6) is 0. The van der Waals surface area contributed by atoms with Crippen LogP contribution in [0.3, 0.4) is 0 Å². The van der Waals surface area contributed by atoms with Crippen LogP contribution in [-0.2, 0) is 10.0 Å². The molecule has 0 bridgehead atoms. The number of rotatable bonds is 3. The molecule has 1 rings (SSSR count). The van der Waals surface area contributed by atoms with Crippen LogP contribution in [0.1, 0.15) is 20.8 Å². The number of nitrogen functional groups attached to an aromatic ring is 1. The van der Waals surface area contributed by atoms with Gasteiger partial charge in [-0.05, 0) is 23.6 Å². The van der Waals surface area contributed by atoms with Gasteiger partial charge in [-0.25, -0.2) is 13.1 Å². The molecule has 0 fully saturated rings. The number of benzene rings is 1. The lowest BCUT2D eigenvalue weighted by Crippen LogP contribution is -2.32. The summed E-state index contributed by atoms with van der Waals surface area (Å²) in [7, 11) is -3.55. The van der Waals surface area contributed by atoms with Crippen LogP contribution in [-0.4, -0.2) is 15.0 Å². The Labute approximate surface area is 111 Å². The van der Waals surface area contributed by atoms with Gasteiger partial charge in [0.1, 0.15) is 4.90 Å². The van der Waals surface area contributed by atoms with Crippen molar-refractivity contribution in [1.29, 1.82) is 0 Å².